The molecule has 0 unspecified atom stereocenters. The molecule has 0 atom stereocenters. The number of ether oxygens (including phenoxy) is 1. The van der Waals surface area contributed by atoms with Gasteiger partial charge in [0, 0.05) is 24.4 Å². The van der Waals surface area contributed by atoms with Crippen LogP contribution in [0.5, 0.6) is 11.6 Å². The smallest absolute Gasteiger partial charge is 0.238 e. The first-order valence-corrected chi connectivity index (χ1v) is 9.64. The second kappa shape index (κ2) is 9.00. The Kier molecular flexibility index (Phi) is 5.80. The molecule has 0 radical (unpaired) electrons. The van der Waals surface area contributed by atoms with Gasteiger partial charge in [0.15, 0.2) is 5.82 Å². The molecule has 2 aromatic carbocycles. The van der Waals surface area contributed by atoms with Gasteiger partial charge >= 0.3 is 0 Å². The Balaban J connectivity index is 1.30. The van der Waals surface area contributed by atoms with Gasteiger partial charge < -0.3 is 10.1 Å². The molecule has 4 rings (SSSR count). The zero-order valence-electron chi connectivity index (χ0n) is 16.5. The number of hydrogen-bond acceptors (Lipinski definition) is 5. The molecule has 7 heteroatoms. The molecule has 0 bridgehead atoms. The van der Waals surface area contributed by atoms with Crippen LogP contribution in [0.15, 0.2) is 79.0 Å². The predicted octanol–water partition coefficient (Wildman–Crippen LogP) is 4.33. The van der Waals surface area contributed by atoms with E-state index < -0.39 is 0 Å². The standard InChI is InChI=1S/C23H21N5O2/c1-17-15-16-28(27-17)21-12-14-23(26-25-21)30-20-10-8-19(9-11-20)24-22(29)13-7-18-5-3-2-4-6-18/h2-6,8-12,14-16H,7,13H2,1H3,(H,24,29). The van der Waals surface area contributed by atoms with Crippen LogP contribution in [0.4, 0.5) is 5.69 Å². The number of anilines is 1. The molecule has 2 aromatic heterocycles. The highest BCUT2D eigenvalue weighted by Crippen LogP contribution is 2.21. The van der Waals surface area contributed by atoms with Crippen molar-refractivity contribution in [3.63, 3.8) is 0 Å². The van der Waals surface area contributed by atoms with E-state index in [-0.39, 0.29) is 5.91 Å². The number of amides is 1. The summed E-state index contributed by atoms with van der Waals surface area (Å²) in [5.41, 5.74) is 2.77. The summed E-state index contributed by atoms with van der Waals surface area (Å²) in [6, 6.07) is 22.5. The summed E-state index contributed by atoms with van der Waals surface area (Å²) in [5, 5.41) is 15.4. The summed E-state index contributed by atoms with van der Waals surface area (Å²) in [4.78, 5) is 12.1. The molecule has 0 aliphatic carbocycles. The molecule has 150 valence electrons. The van der Waals surface area contributed by atoms with Crippen molar-refractivity contribution in [3.8, 4) is 17.4 Å². The first-order valence-electron chi connectivity index (χ1n) is 9.64. The number of nitrogens with zero attached hydrogens (tertiary/aromatic N) is 4. The van der Waals surface area contributed by atoms with Crippen LogP contribution in [-0.4, -0.2) is 25.9 Å². The van der Waals surface area contributed by atoms with Gasteiger partial charge in [0.05, 0.1) is 5.69 Å². The van der Waals surface area contributed by atoms with Gasteiger partial charge in [0.1, 0.15) is 5.75 Å². The van der Waals surface area contributed by atoms with Crippen LogP contribution in [0.2, 0.25) is 0 Å². The first kappa shape index (κ1) is 19.3. The Morgan fingerprint density at radius 2 is 1.77 bits per heavy atom. The van der Waals surface area contributed by atoms with Crippen molar-refractivity contribution < 1.29 is 9.53 Å². The molecule has 0 spiro atoms. The zero-order valence-corrected chi connectivity index (χ0v) is 16.5. The molecule has 1 amide bonds. The maximum Gasteiger partial charge on any atom is 0.238 e. The van der Waals surface area contributed by atoms with Crippen molar-refractivity contribution in [3.05, 3.63) is 90.3 Å². The lowest BCUT2D eigenvalue weighted by molar-refractivity contribution is -0.116. The number of aryl methyl sites for hydroxylation is 2. The van der Waals surface area contributed by atoms with Crippen LogP contribution in [0, 0.1) is 6.92 Å². The number of nitrogens with one attached hydrogen (secondary N) is 1. The quantitative estimate of drug-likeness (QED) is 0.500. The van der Waals surface area contributed by atoms with Gasteiger partial charge in [-0.15, -0.1) is 10.2 Å². The Labute approximate surface area is 174 Å². The van der Waals surface area contributed by atoms with Crippen LogP contribution < -0.4 is 10.1 Å². The van der Waals surface area contributed by atoms with Crippen LogP contribution in [0.3, 0.4) is 0 Å². The van der Waals surface area contributed by atoms with E-state index in [1.165, 1.54) is 0 Å². The Hall–Kier alpha value is -4.00. The molecule has 7 nitrogen and oxygen atoms in total. The lowest BCUT2D eigenvalue weighted by Crippen LogP contribution is -2.12. The zero-order chi connectivity index (χ0) is 20.8. The Morgan fingerprint density at radius 1 is 0.967 bits per heavy atom. The Morgan fingerprint density at radius 3 is 2.43 bits per heavy atom. The second-order valence-corrected chi connectivity index (χ2v) is 6.79. The molecule has 0 aliphatic heterocycles. The van der Waals surface area contributed by atoms with E-state index in [0.29, 0.717) is 30.3 Å². The number of benzene rings is 2. The van der Waals surface area contributed by atoms with Crippen molar-refractivity contribution in [2.24, 2.45) is 0 Å². The van der Waals surface area contributed by atoms with Gasteiger partial charge in [-0.3, -0.25) is 4.79 Å². The highest BCUT2D eigenvalue weighted by molar-refractivity contribution is 5.90. The van der Waals surface area contributed by atoms with E-state index in [2.05, 4.69) is 20.6 Å². The number of aromatic nitrogens is 4. The molecule has 2 heterocycles. The van der Waals surface area contributed by atoms with Gasteiger partial charge in [-0.1, -0.05) is 30.3 Å². The molecule has 0 saturated heterocycles. The minimum absolute atomic E-state index is 0.0252. The second-order valence-electron chi connectivity index (χ2n) is 6.79. The van der Waals surface area contributed by atoms with Crippen LogP contribution in [-0.2, 0) is 11.2 Å². The lowest BCUT2D eigenvalue weighted by Gasteiger charge is -2.08. The number of hydrogen-bond donors (Lipinski definition) is 1. The Bertz CT molecular complexity index is 1110. The fourth-order valence-corrected chi connectivity index (χ4v) is 2.89. The molecule has 0 fully saturated rings. The highest BCUT2D eigenvalue weighted by Gasteiger charge is 2.06. The van der Waals surface area contributed by atoms with Gasteiger partial charge in [-0.2, -0.15) is 5.10 Å². The molecule has 1 N–H and O–H groups in total. The number of carbonyl (C=O) groups is 1. The fourth-order valence-electron chi connectivity index (χ4n) is 2.89. The van der Waals surface area contributed by atoms with E-state index in [1.807, 2.05) is 49.5 Å². The van der Waals surface area contributed by atoms with E-state index in [4.69, 9.17) is 4.74 Å². The highest BCUT2D eigenvalue weighted by atomic mass is 16.5. The number of carbonyl (C=O) groups excluding carboxylic acids is 1. The summed E-state index contributed by atoms with van der Waals surface area (Å²) in [6.07, 6.45) is 2.97. The maximum absolute atomic E-state index is 12.1. The van der Waals surface area contributed by atoms with Gasteiger partial charge in [0.2, 0.25) is 11.8 Å². The summed E-state index contributed by atoms with van der Waals surface area (Å²) in [6.45, 7) is 1.91. The summed E-state index contributed by atoms with van der Waals surface area (Å²) < 4.78 is 7.38. The molecular weight excluding hydrogens is 378 g/mol. The van der Waals surface area contributed by atoms with Crippen molar-refractivity contribution in [1.82, 2.24) is 20.0 Å². The fraction of sp³-hybridized carbons (Fsp3) is 0.130. The molecule has 30 heavy (non-hydrogen) atoms. The van der Waals surface area contributed by atoms with E-state index >= 15 is 0 Å². The number of rotatable bonds is 7. The van der Waals surface area contributed by atoms with Gasteiger partial charge in [-0.25, -0.2) is 4.68 Å². The molecule has 0 saturated carbocycles. The van der Waals surface area contributed by atoms with Crippen molar-refractivity contribution >= 4 is 11.6 Å². The molecule has 4 aromatic rings. The lowest BCUT2D eigenvalue weighted by atomic mass is 10.1. The summed E-state index contributed by atoms with van der Waals surface area (Å²) >= 11 is 0. The normalized spacial score (nSPS) is 10.6. The SMILES string of the molecule is Cc1ccn(-c2ccc(Oc3ccc(NC(=O)CCc4ccccc4)cc3)nn2)n1. The van der Waals surface area contributed by atoms with Crippen LogP contribution in [0.1, 0.15) is 17.7 Å². The largest absolute Gasteiger partial charge is 0.438 e. The third-order valence-electron chi connectivity index (χ3n) is 4.43. The van der Waals surface area contributed by atoms with Crippen LogP contribution >= 0.6 is 0 Å². The average Bonchev–Trinajstić information content (AvgIpc) is 3.21. The van der Waals surface area contributed by atoms with Crippen molar-refractivity contribution in [2.75, 3.05) is 5.32 Å². The van der Waals surface area contributed by atoms with Gasteiger partial charge in [0.25, 0.3) is 0 Å². The summed E-state index contributed by atoms with van der Waals surface area (Å²) in [5.74, 6) is 1.57. The van der Waals surface area contributed by atoms with E-state index in [0.717, 1.165) is 16.9 Å². The minimum atomic E-state index is -0.0252. The topological polar surface area (TPSA) is 81.9 Å². The molecule has 0 aliphatic rings. The third-order valence-corrected chi connectivity index (χ3v) is 4.43. The third kappa shape index (κ3) is 5.08. The monoisotopic (exact) mass is 399 g/mol. The van der Waals surface area contributed by atoms with Crippen molar-refractivity contribution in [1.29, 1.82) is 0 Å². The molecular formula is C23H21N5O2. The van der Waals surface area contributed by atoms with E-state index in [1.54, 1.807) is 41.1 Å². The van der Waals surface area contributed by atoms with E-state index in [9.17, 15) is 4.79 Å². The minimum Gasteiger partial charge on any atom is -0.438 e. The predicted molar refractivity (Wildman–Crippen MR) is 114 cm³/mol. The first-order chi connectivity index (χ1) is 14.7. The van der Waals surface area contributed by atoms with Crippen molar-refractivity contribution in [2.45, 2.75) is 19.8 Å². The van der Waals surface area contributed by atoms with Gasteiger partial charge in [-0.05, 0) is 55.3 Å². The summed E-state index contributed by atoms with van der Waals surface area (Å²) in [7, 11) is 0. The van der Waals surface area contributed by atoms with Crippen LogP contribution in [0.25, 0.3) is 5.82 Å². The average molecular weight is 399 g/mol. The maximum atomic E-state index is 12.1.